The Morgan fingerprint density at radius 3 is 2.32 bits per heavy atom. The molecule has 1 N–H and O–H groups in total. The molecule has 0 bridgehead atoms. The van der Waals surface area contributed by atoms with Crippen LogP contribution in [0.15, 0.2) is 66.2 Å². The Hall–Kier alpha value is -4.06. The molecule has 0 aliphatic carbocycles. The fourth-order valence-corrected chi connectivity index (χ4v) is 4.25. The van der Waals surface area contributed by atoms with Gasteiger partial charge in [-0.1, -0.05) is 29.8 Å². The van der Waals surface area contributed by atoms with Crippen LogP contribution in [0, 0.1) is 20.8 Å². The van der Waals surface area contributed by atoms with Gasteiger partial charge in [0.15, 0.2) is 0 Å². The topological polar surface area (TPSA) is 76.1 Å². The summed E-state index contributed by atoms with van der Waals surface area (Å²) in [5, 5.41) is 11.4. The molecular formula is C28H27NO5. The van der Waals surface area contributed by atoms with E-state index in [1.54, 1.807) is 37.4 Å². The highest BCUT2D eigenvalue weighted by Crippen LogP contribution is 2.44. The first-order valence-corrected chi connectivity index (χ1v) is 10.9. The highest BCUT2D eigenvalue weighted by Gasteiger charge is 2.47. The standard InChI is InChI=1S/C28H27NO5/c1-16-9-12-23(34-5)22(13-16)26(30)24-25(19-7-6-8-21(15-19)33-4)29(28(32)27(24)31)20-11-10-17(2)18(3)14-20/h6-15,25,30H,1-5H3/b26-24+. The number of methoxy groups -OCH3 is 2. The summed E-state index contributed by atoms with van der Waals surface area (Å²) >= 11 is 0. The van der Waals surface area contributed by atoms with Crippen LogP contribution in [0.4, 0.5) is 5.69 Å². The van der Waals surface area contributed by atoms with Crippen LogP contribution in [-0.4, -0.2) is 31.0 Å². The molecule has 1 unspecified atom stereocenters. The number of nitrogens with zero attached hydrogens (tertiary/aromatic N) is 1. The third kappa shape index (κ3) is 3.92. The number of ether oxygens (including phenoxy) is 2. The quantitative estimate of drug-likeness (QED) is 0.322. The lowest BCUT2D eigenvalue weighted by Gasteiger charge is -2.26. The number of aliphatic hydroxyl groups is 1. The van der Waals surface area contributed by atoms with Gasteiger partial charge in [0.2, 0.25) is 0 Å². The number of Topliss-reactive ketones (excluding diaryl/α,β-unsaturated/α-hetero) is 1. The summed E-state index contributed by atoms with van der Waals surface area (Å²) < 4.78 is 10.8. The van der Waals surface area contributed by atoms with Crippen molar-refractivity contribution in [1.82, 2.24) is 0 Å². The minimum absolute atomic E-state index is 0.000353. The minimum Gasteiger partial charge on any atom is -0.507 e. The van der Waals surface area contributed by atoms with E-state index in [-0.39, 0.29) is 11.3 Å². The number of aryl methyl sites for hydroxylation is 3. The van der Waals surface area contributed by atoms with Gasteiger partial charge < -0.3 is 14.6 Å². The number of ketones is 1. The lowest BCUT2D eigenvalue weighted by molar-refractivity contribution is -0.132. The third-order valence-corrected chi connectivity index (χ3v) is 6.23. The van der Waals surface area contributed by atoms with Crippen LogP contribution in [0.5, 0.6) is 11.5 Å². The first-order chi connectivity index (χ1) is 16.3. The maximum absolute atomic E-state index is 13.4. The van der Waals surface area contributed by atoms with Crippen LogP contribution >= 0.6 is 0 Å². The van der Waals surface area contributed by atoms with Crippen LogP contribution in [0.25, 0.3) is 5.76 Å². The Morgan fingerprint density at radius 1 is 0.882 bits per heavy atom. The summed E-state index contributed by atoms with van der Waals surface area (Å²) in [7, 11) is 3.05. The van der Waals surface area contributed by atoms with E-state index in [0.717, 1.165) is 16.7 Å². The zero-order valence-corrected chi connectivity index (χ0v) is 19.9. The number of carbonyl (C=O) groups is 2. The Balaban J connectivity index is 2.01. The molecule has 174 valence electrons. The molecule has 0 radical (unpaired) electrons. The van der Waals surface area contributed by atoms with E-state index in [1.807, 2.05) is 51.1 Å². The van der Waals surface area contributed by atoms with Crippen molar-refractivity contribution < 1.29 is 24.2 Å². The molecule has 0 saturated carbocycles. The summed E-state index contributed by atoms with van der Waals surface area (Å²) in [6.45, 7) is 5.81. The second-order valence-electron chi connectivity index (χ2n) is 8.42. The molecular weight excluding hydrogens is 430 g/mol. The van der Waals surface area contributed by atoms with Gasteiger partial charge in [-0.25, -0.2) is 0 Å². The largest absolute Gasteiger partial charge is 0.507 e. The highest BCUT2D eigenvalue weighted by atomic mass is 16.5. The molecule has 0 aromatic heterocycles. The van der Waals surface area contributed by atoms with E-state index in [9.17, 15) is 14.7 Å². The summed E-state index contributed by atoms with van der Waals surface area (Å²) in [5.74, 6) is -0.754. The first kappa shape index (κ1) is 23.1. The van der Waals surface area contributed by atoms with E-state index < -0.39 is 17.7 Å². The van der Waals surface area contributed by atoms with Crippen LogP contribution < -0.4 is 14.4 Å². The average Bonchev–Trinajstić information content (AvgIpc) is 3.10. The van der Waals surface area contributed by atoms with Crippen LogP contribution in [0.3, 0.4) is 0 Å². The summed E-state index contributed by atoms with van der Waals surface area (Å²) in [4.78, 5) is 28.2. The van der Waals surface area contributed by atoms with E-state index in [0.29, 0.717) is 28.3 Å². The number of benzene rings is 3. The summed E-state index contributed by atoms with van der Waals surface area (Å²) in [5.41, 5.74) is 4.52. The van der Waals surface area contributed by atoms with Gasteiger partial charge in [-0.2, -0.15) is 0 Å². The molecule has 4 rings (SSSR count). The number of amides is 1. The van der Waals surface area contributed by atoms with E-state index >= 15 is 0 Å². The number of anilines is 1. The molecule has 6 heteroatoms. The van der Waals surface area contributed by atoms with E-state index in [4.69, 9.17) is 9.47 Å². The molecule has 1 aliphatic heterocycles. The van der Waals surface area contributed by atoms with Gasteiger partial charge in [-0.15, -0.1) is 0 Å². The second-order valence-corrected chi connectivity index (χ2v) is 8.42. The van der Waals surface area contributed by atoms with Gasteiger partial charge in [0.1, 0.15) is 17.3 Å². The molecule has 3 aromatic carbocycles. The predicted octanol–water partition coefficient (Wildman–Crippen LogP) is 5.26. The van der Waals surface area contributed by atoms with Crippen molar-refractivity contribution in [2.24, 2.45) is 0 Å². The van der Waals surface area contributed by atoms with Crippen molar-refractivity contribution >= 4 is 23.1 Å². The molecule has 6 nitrogen and oxygen atoms in total. The molecule has 0 spiro atoms. The Kier molecular flexibility index (Phi) is 6.16. The third-order valence-electron chi connectivity index (χ3n) is 6.23. The van der Waals surface area contributed by atoms with Crippen molar-refractivity contribution in [1.29, 1.82) is 0 Å². The zero-order valence-electron chi connectivity index (χ0n) is 19.9. The van der Waals surface area contributed by atoms with Crippen molar-refractivity contribution in [2.45, 2.75) is 26.8 Å². The molecule has 1 heterocycles. The van der Waals surface area contributed by atoms with Crippen LogP contribution in [-0.2, 0) is 9.59 Å². The Labute approximate surface area is 199 Å². The summed E-state index contributed by atoms with van der Waals surface area (Å²) in [6.07, 6.45) is 0. The van der Waals surface area contributed by atoms with Crippen molar-refractivity contribution in [2.75, 3.05) is 19.1 Å². The molecule has 1 aliphatic rings. The SMILES string of the molecule is COc1cccc(C2/C(=C(\O)c3cc(C)ccc3OC)C(=O)C(=O)N2c2ccc(C)c(C)c2)c1. The number of hydrogen-bond acceptors (Lipinski definition) is 5. The predicted molar refractivity (Wildman–Crippen MR) is 131 cm³/mol. The molecule has 3 aromatic rings. The van der Waals surface area contributed by atoms with Gasteiger partial charge in [0, 0.05) is 5.69 Å². The zero-order chi connectivity index (χ0) is 24.6. The normalized spacial score (nSPS) is 17.2. The van der Waals surface area contributed by atoms with Crippen molar-refractivity contribution in [3.05, 3.63) is 94.1 Å². The maximum atomic E-state index is 13.4. The number of aliphatic hydroxyl groups excluding tert-OH is 1. The first-order valence-electron chi connectivity index (χ1n) is 10.9. The van der Waals surface area contributed by atoms with Gasteiger partial charge in [-0.3, -0.25) is 14.5 Å². The Bertz CT molecular complexity index is 1320. The van der Waals surface area contributed by atoms with Crippen LogP contribution in [0.2, 0.25) is 0 Å². The van der Waals surface area contributed by atoms with Gasteiger partial charge in [-0.05, 0) is 73.9 Å². The average molecular weight is 458 g/mol. The molecule has 1 atom stereocenters. The highest BCUT2D eigenvalue weighted by molar-refractivity contribution is 6.51. The smallest absolute Gasteiger partial charge is 0.300 e. The van der Waals surface area contributed by atoms with Crippen molar-refractivity contribution in [3.63, 3.8) is 0 Å². The van der Waals surface area contributed by atoms with Gasteiger partial charge >= 0.3 is 0 Å². The molecule has 1 fully saturated rings. The lowest BCUT2D eigenvalue weighted by Crippen LogP contribution is -2.29. The van der Waals surface area contributed by atoms with Crippen LogP contribution in [0.1, 0.15) is 33.9 Å². The molecule has 1 saturated heterocycles. The van der Waals surface area contributed by atoms with E-state index in [2.05, 4.69) is 0 Å². The fourth-order valence-electron chi connectivity index (χ4n) is 4.25. The van der Waals surface area contributed by atoms with Crippen molar-refractivity contribution in [3.8, 4) is 11.5 Å². The fraction of sp³-hybridized carbons (Fsp3) is 0.214. The maximum Gasteiger partial charge on any atom is 0.300 e. The monoisotopic (exact) mass is 457 g/mol. The lowest BCUT2D eigenvalue weighted by atomic mass is 9.94. The second kappa shape index (κ2) is 9.06. The molecule has 1 amide bonds. The number of hydrogen-bond donors (Lipinski definition) is 1. The molecule has 34 heavy (non-hydrogen) atoms. The number of rotatable bonds is 5. The minimum atomic E-state index is -0.845. The Morgan fingerprint density at radius 2 is 1.65 bits per heavy atom. The number of carbonyl (C=O) groups excluding carboxylic acids is 2. The van der Waals surface area contributed by atoms with Gasteiger partial charge in [0.25, 0.3) is 11.7 Å². The summed E-state index contributed by atoms with van der Waals surface area (Å²) in [6, 6.07) is 17.2. The van der Waals surface area contributed by atoms with E-state index in [1.165, 1.54) is 12.0 Å². The van der Waals surface area contributed by atoms with Gasteiger partial charge in [0.05, 0.1) is 31.4 Å².